The number of nitrogens with zero attached hydrogens (tertiary/aromatic N) is 3. The van der Waals surface area contributed by atoms with Gasteiger partial charge in [-0.3, -0.25) is 9.69 Å². The highest BCUT2D eigenvalue weighted by Gasteiger charge is 2.37. The lowest BCUT2D eigenvalue weighted by Gasteiger charge is -2.15. The molecule has 3 rings (SSSR count). The summed E-state index contributed by atoms with van der Waals surface area (Å²) in [5, 5.41) is 9.15. The van der Waals surface area contributed by atoms with Gasteiger partial charge in [-0.2, -0.15) is 5.10 Å². The summed E-state index contributed by atoms with van der Waals surface area (Å²) < 4.78 is 6.29. The molecule has 1 amide bonds. The Balaban J connectivity index is 1.84. The number of ether oxygens (including phenoxy) is 1. The van der Waals surface area contributed by atoms with Crippen molar-refractivity contribution in [3.05, 3.63) is 64.1 Å². The number of carbonyl (C=O) groups is 1. The topological polar surface area (TPSA) is 54.3 Å². The molecule has 1 fully saturated rings. The van der Waals surface area contributed by atoms with Crippen LogP contribution in [0.4, 0.5) is 0 Å². The fourth-order valence-electron chi connectivity index (χ4n) is 2.89. The summed E-state index contributed by atoms with van der Waals surface area (Å²) in [7, 11) is 1.62. The summed E-state index contributed by atoms with van der Waals surface area (Å²) in [6, 6.07) is 15.6. The molecule has 1 aliphatic heterocycles. The summed E-state index contributed by atoms with van der Waals surface area (Å²) in [5.74, 6) is 0.817. The van der Waals surface area contributed by atoms with Gasteiger partial charge >= 0.3 is 0 Å². The van der Waals surface area contributed by atoms with E-state index in [2.05, 4.69) is 33.1 Å². The van der Waals surface area contributed by atoms with Gasteiger partial charge < -0.3 is 4.74 Å². The fourth-order valence-corrected chi connectivity index (χ4v) is 4.48. The maximum atomic E-state index is 12.8. The Morgan fingerprint density at radius 1 is 1.25 bits per heavy atom. The van der Waals surface area contributed by atoms with Crippen molar-refractivity contribution in [2.45, 2.75) is 31.6 Å². The van der Waals surface area contributed by atoms with Crippen molar-refractivity contribution in [2.75, 3.05) is 7.11 Å². The maximum absolute atomic E-state index is 12.8. The van der Waals surface area contributed by atoms with Crippen LogP contribution in [0.15, 0.2) is 63.2 Å². The molecule has 28 heavy (non-hydrogen) atoms. The van der Waals surface area contributed by atoms with E-state index in [0.29, 0.717) is 17.5 Å². The Bertz CT molecular complexity index is 886. The molecule has 0 aromatic heterocycles. The summed E-state index contributed by atoms with van der Waals surface area (Å²) in [4.78, 5) is 14.6. The molecule has 7 heteroatoms. The first kappa shape index (κ1) is 20.6. The number of hydrogen-bond donors (Lipinski definition) is 0. The minimum Gasteiger partial charge on any atom is -0.496 e. The van der Waals surface area contributed by atoms with Crippen molar-refractivity contribution in [2.24, 2.45) is 10.2 Å². The Hall–Kier alpha value is -2.12. The second-order valence-corrected chi connectivity index (χ2v) is 8.40. The van der Waals surface area contributed by atoms with E-state index in [0.717, 1.165) is 28.4 Å². The highest BCUT2D eigenvalue weighted by molar-refractivity contribution is 9.10. The normalized spacial score (nSPS) is 18.4. The van der Waals surface area contributed by atoms with Crippen molar-refractivity contribution in [3.8, 4) is 5.75 Å². The zero-order valence-electron chi connectivity index (χ0n) is 15.8. The first-order valence-electron chi connectivity index (χ1n) is 9.09. The molecule has 2 aromatic carbocycles. The van der Waals surface area contributed by atoms with Crippen molar-refractivity contribution in [3.63, 3.8) is 0 Å². The number of benzene rings is 2. The number of amidine groups is 1. The average molecular weight is 460 g/mol. The fraction of sp³-hybridized carbons (Fsp3) is 0.286. The lowest BCUT2D eigenvalue weighted by atomic mass is 10.2. The van der Waals surface area contributed by atoms with Gasteiger partial charge in [-0.25, -0.2) is 0 Å². The highest BCUT2D eigenvalue weighted by atomic mass is 79.9. The van der Waals surface area contributed by atoms with Crippen molar-refractivity contribution < 1.29 is 9.53 Å². The van der Waals surface area contributed by atoms with E-state index in [1.54, 1.807) is 18.2 Å². The molecule has 5 nitrogen and oxygen atoms in total. The van der Waals surface area contributed by atoms with E-state index in [9.17, 15) is 4.79 Å². The second kappa shape index (κ2) is 9.89. The molecule has 146 valence electrons. The van der Waals surface area contributed by atoms with Crippen LogP contribution in [0.1, 0.15) is 30.9 Å². The number of thioether (sulfide) groups is 1. The number of halogens is 1. The second-order valence-electron chi connectivity index (χ2n) is 6.32. The summed E-state index contributed by atoms with van der Waals surface area (Å²) in [5.41, 5.74) is 1.88. The van der Waals surface area contributed by atoms with Crippen LogP contribution in [0.25, 0.3) is 0 Å². The van der Waals surface area contributed by atoms with Crippen LogP contribution < -0.4 is 4.74 Å². The number of methoxy groups -OCH3 is 1. The van der Waals surface area contributed by atoms with E-state index < -0.39 is 0 Å². The zero-order valence-corrected chi connectivity index (χ0v) is 18.2. The molecule has 1 atom stereocenters. The van der Waals surface area contributed by atoms with Gasteiger partial charge in [0.25, 0.3) is 0 Å². The van der Waals surface area contributed by atoms with Gasteiger partial charge in [0.15, 0.2) is 5.17 Å². The Labute approximate surface area is 178 Å². The molecular weight excluding hydrogens is 438 g/mol. The van der Waals surface area contributed by atoms with Crippen molar-refractivity contribution >= 4 is 45.0 Å². The molecule has 0 N–H and O–H groups in total. The van der Waals surface area contributed by atoms with Crippen LogP contribution in [0, 0.1) is 0 Å². The lowest BCUT2D eigenvalue weighted by molar-refractivity contribution is -0.126. The molecule has 1 heterocycles. The minimum absolute atomic E-state index is 0.0944. The van der Waals surface area contributed by atoms with E-state index in [1.807, 2.05) is 48.5 Å². The Morgan fingerprint density at radius 2 is 2.04 bits per heavy atom. The summed E-state index contributed by atoms with van der Waals surface area (Å²) >= 11 is 4.94. The standard InChI is InChI=1S/C21H22BrN3O2S/c1-3-7-19-20(26)25(14-15-8-5-4-6-9-15)21(28-19)24-23-13-16-12-17(22)10-11-18(16)27-2/h4-6,8-13,19H,3,7,14H2,1-2H3/b23-13-,24-21+/t19-/m0/s1. The largest absolute Gasteiger partial charge is 0.496 e. The number of carbonyl (C=O) groups excluding carboxylic acids is 1. The van der Waals surface area contributed by atoms with Crippen LogP contribution in [0.3, 0.4) is 0 Å². The number of rotatable bonds is 7. The number of hydrogen-bond acceptors (Lipinski definition) is 5. The third-order valence-electron chi connectivity index (χ3n) is 4.29. The Kier molecular flexibility index (Phi) is 7.28. The SMILES string of the molecule is CCC[C@@H]1S/C(=N/N=C\c2cc(Br)ccc2OC)N(Cc2ccccc2)C1=O. The molecule has 0 unspecified atom stereocenters. The molecule has 0 saturated carbocycles. The van der Waals surface area contributed by atoms with Gasteiger partial charge in [-0.05, 0) is 30.2 Å². The quantitative estimate of drug-likeness (QED) is 0.427. The molecule has 0 aliphatic carbocycles. The average Bonchev–Trinajstić information content (AvgIpc) is 2.98. The molecule has 2 aromatic rings. The zero-order chi connectivity index (χ0) is 19.9. The monoisotopic (exact) mass is 459 g/mol. The predicted molar refractivity (Wildman–Crippen MR) is 119 cm³/mol. The van der Waals surface area contributed by atoms with Gasteiger partial charge in [0.2, 0.25) is 5.91 Å². The van der Waals surface area contributed by atoms with Crippen LogP contribution >= 0.6 is 27.7 Å². The number of amides is 1. The molecule has 0 spiro atoms. The third kappa shape index (κ3) is 5.02. The van der Waals surface area contributed by atoms with Gasteiger partial charge in [-0.15, -0.1) is 5.10 Å². The maximum Gasteiger partial charge on any atom is 0.242 e. The van der Waals surface area contributed by atoms with E-state index in [4.69, 9.17) is 4.74 Å². The van der Waals surface area contributed by atoms with Crippen LogP contribution in [-0.4, -0.2) is 34.5 Å². The summed E-state index contributed by atoms with van der Waals surface area (Å²) in [6.45, 7) is 2.59. The smallest absolute Gasteiger partial charge is 0.242 e. The molecule has 0 radical (unpaired) electrons. The van der Waals surface area contributed by atoms with Crippen molar-refractivity contribution in [1.82, 2.24) is 4.90 Å². The minimum atomic E-state index is -0.0944. The van der Waals surface area contributed by atoms with Crippen LogP contribution in [0.2, 0.25) is 0 Å². The van der Waals surface area contributed by atoms with Gasteiger partial charge in [0.1, 0.15) is 5.75 Å². The van der Waals surface area contributed by atoms with Gasteiger partial charge in [-0.1, -0.05) is 71.4 Å². The molecule has 1 saturated heterocycles. The van der Waals surface area contributed by atoms with Gasteiger partial charge in [0, 0.05) is 10.0 Å². The van der Waals surface area contributed by atoms with Gasteiger partial charge in [0.05, 0.1) is 25.1 Å². The van der Waals surface area contributed by atoms with E-state index in [1.165, 1.54) is 11.8 Å². The highest BCUT2D eigenvalue weighted by Crippen LogP contribution is 2.31. The van der Waals surface area contributed by atoms with Crippen LogP contribution in [-0.2, 0) is 11.3 Å². The Morgan fingerprint density at radius 3 is 2.75 bits per heavy atom. The van der Waals surface area contributed by atoms with Crippen molar-refractivity contribution in [1.29, 1.82) is 0 Å². The lowest BCUT2D eigenvalue weighted by Crippen LogP contribution is -2.31. The van der Waals surface area contributed by atoms with E-state index in [-0.39, 0.29) is 11.2 Å². The first-order chi connectivity index (χ1) is 13.6. The molecular formula is C21H22BrN3O2S. The predicted octanol–water partition coefficient (Wildman–Crippen LogP) is 5.09. The molecule has 0 bridgehead atoms. The molecule has 1 aliphatic rings. The summed E-state index contributed by atoms with van der Waals surface area (Å²) in [6.07, 6.45) is 3.43. The van der Waals surface area contributed by atoms with E-state index >= 15 is 0 Å². The first-order valence-corrected chi connectivity index (χ1v) is 10.8. The third-order valence-corrected chi connectivity index (χ3v) is 6.01. The van der Waals surface area contributed by atoms with Crippen LogP contribution in [0.5, 0.6) is 5.75 Å².